The predicted octanol–water partition coefficient (Wildman–Crippen LogP) is 2.94. The Bertz CT molecular complexity index is 142. The van der Waals surface area contributed by atoms with Crippen molar-refractivity contribution in [1.29, 1.82) is 0 Å². The standard InChI is InChI=1S/C9H20OS/c1-9(2,3)11(4,5)10-8-6-7-8/h8H,6-7H2,1-5H3. The normalized spacial score (nSPS) is 21.9. The van der Waals surface area contributed by atoms with Crippen molar-refractivity contribution in [2.75, 3.05) is 12.5 Å². The molecule has 0 spiro atoms. The Hall–Kier alpha value is 0.310. The maximum atomic E-state index is 6.00. The third-order valence-corrected chi connectivity index (χ3v) is 6.08. The van der Waals surface area contributed by atoms with Crippen LogP contribution in [0.5, 0.6) is 0 Å². The summed E-state index contributed by atoms with van der Waals surface area (Å²) in [6.07, 6.45) is 7.70. The van der Waals surface area contributed by atoms with Crippen LogP contribution < -0.4 is 0 Å². The van der Waals surface area contributed by atoms with Gasteiger partial charge in [-0.25, -0.2) is 0 Å². The van der Waals surface area contributed by atoms with Crippen LogP contribution in [-0.4, -0.2) is 23.4 Å². The molecule has 0 saturated heterocycles. The summed E-state index contributed by atoms with van der Waals surface area (Å²) >= 11 is 0. The molecule has 1 aliphatic rings. The monoisotopic (exact) mass is 176 g/mol. The van der Waals surface area contributed by atoms with Gasteiger partial charge < -0.3 is 4.18 Å². The third kappa shape index (κ3) is 2.38. The lowest BCUT2D eigenvalue weighted by atomic mass is 10.3. The van der Waals surface area contributed by atoms with E-state index in [1.807, 2.05) is 0 Å². The molecule has 1 rings (SSSR count). The van der Waals surface area contributed by atoms with Crippen LogP contribution in [0.25, 0.3) is 0 Å². The maximum absolute atomic E-state index is 6.00. The minimum absolute atomic E-state index is 0.329. The third-order valence-electron chi connectivity index (χ3n) is 2.38. The summed E-state index contributed by atoms with van der Waals surface area (Å²) in [7, 11) is -0.834. The first kappa shape index (κ1) is 9.40. The van der Waals surface area contributed by atoms with E-state index >= 15 is 0 Å². The van der Waals surface area contributed by atoms with Crippen molar-refractivity contribution in [3.05, 3.63) is 0 Å². The Morgan fingerprint density at radius 1 is 1.18 bits per heavy atom. The number of hydrogen-bond acceptors (Lipinski definition) is 1. The maximum Gasteiger partial charge on any atom is 0.0703 e. The van der Waals surface area contributed by atoms with E-state index in [2.05, 4.69) is 33.3 Å². The average Bonchev–Trinajstić information content (AvgIpc) is 2.45. The summed E-state index contributed by atoms with van der Waals surface area (Å²) in [5.74, 6) is 0. The van der Waals surface area contributed by atoms with E-state index in [0.29, 0.717) is 10.9 Å². The zero-order valence-corrected chi connectivity index (χ0v) is 9.12. The largest absolute Gasteiger partial charge is 0.333 e. The summed E-state index contributed by atoms with van der Waals surface area (Å²) in [4.78, 5) is 0. The number of hydrogen-bond donors (Lipinski definition) is 0. The van der Waals surface area contributed by atoms with Gasteiger partial charge in [-0.1, -0.05) is 20.8 Å². The molecule has 1 nitrogen and oxygen atoms in total. The average molecular weight is 176 g/mol. The van der Waals surface area contributed by atoms with Crippen molar-refractivity contribution >= 4 is 10.3 Å². The first-order chi connectivity index (χ1) is 4.83. The molecule has 0 N–H and O–H groups in total. The Morgan fingerprint density at radius 3 is 1.91 bits per heavy atom. The van der Waals surface area contributed by atoms with Gasteiger partial charge in [-0.15, -0.1) is 10.3 Å². The van der Waals surface area contributed by atoms with Crippen LogP contribution in [0.15, 0.2) is 0 Å². The minimum Gasteiger partial charge on any atom is -0.333 e. The smallest absolute Gasteiger partial charge is 0.0703 e. The van der Waals surface area contributed by atoms with Crippen molar-refractivity contribution in [2.24, 2.45) is 0 Å². The molecular weight excluding hydrogens is 156 g/mol. The highest BCUT2D eigenvalue weighted by atomic mass is 32.3. The van der Waals surface area contributed by atoms with E-state index in [0.717, 1.165) is 0 Å². The van der Waals surface area contributed by atoms with Crippen LogP contribution in [0.1, 0.15) is 33.6 Å². The fourth-order valence-corrected chi connectivity index (χ4v) is 1.81. The Morgan fingerprint density at radius 2 is 1.64 bits per heavy atom. The summed E-state index contributed by atoms with van der Waals surface area (Å²) in [6, 6.07) is 0. The van der Waals surface area contributed by atoms with E-state index in [1.165, 1.54) is 12.8 Å². The van der Waals surface area contributed by atoms with E-state index in [-0.39, 0.29) is 0 Å². The Labute approximate surface area is 72.0 Å². The van der Waals surface area contributed by atoms with Crippen molar-refractivity contribution in [1.82, 2.24) is 0 Å². The molecule has 0 aromatic carbocycles. The van der Waals surface area contributed by atoms with E-state index < -0.39 is 10.3 Å². The molecule has 1 fully saturated rings. The van der Waals surface area contributed by atoms with E-state index in [4.69, 9.17) is 4.18 Å². The minimum atomic E-state index is -0.834. The van der Waals surface area contributed by atoms with Gasteiger partial charge in [-0.3, -0.25) is 0 Å². The SMILES string of the molecule is CC(C)(C)S(C)(C)OC1CC1. The lowest BCUT2D eigenvalue weighted by molar-refractivity contribution is 0.335. The molecule has 1 saturated carbocycles. The van der Waals surface area contributed by atoms with E-state index in [9.17, 15) is 0 Å². The molecule has 0 unspecified atom stereocenters. The lowest BCUT2D eigenvalue weighted by Crippen LogP contribution is -2.25. The van der Waals surface area contributed by atoms with Crippen molar-refractivity contribution in [3.63, 3.8) is 0 Å². The molecule has 0 atom stereocenters. The molecule has 0 heterocycles. The van der Waals surface area contributed by atoms with Gasteiger partial charge in [-0.05, 0) is 25.4 Å². The van der Waals surface area contributed by atoms with Crippen LogP contribution in [-0.2, 0) is 4.18 Å². The highest BCUT2D eigenvalue weighted by Gasteiger charge is 2.35. The summed E-state index contributed by atoms with van der Waals surface area (Å²) in [6.45, 7) is 6.81. The van der Waals surface area contributed by atoms with Crippen LogP contribution in [0, 0.1) is 0 Å². The first-order valence-corrected chi connectivity index (χ1v) is 6.61. The van der Waals surface area contributed by atoms with Gasteiger partial charge in [0.1, 0.15) is 0 Å². The van der Waals surface area contributed by atoms with Gasteiger partial charge in [0.05, 0.1) is 6.10 Å². The fraction of sp³-hybridized carbons (Fsp3) is 1.00. The summed E-state index contributed by atoms with van der Waals surface area (Å²) in [5, 5.41) is 0. The molecule has 0 aromatic heterocycles. The molecule has 2 heteroatoms. The molecule has 0 aliphatic heterocycles. The number of rotatable bonds is 2. The van der Waals surface area contributed by atoms with Gasteiger partial charge in [0, 0.05) is 4.75 Å². The van der Waals surface area contributed by atoms with Crippen LogP contribution in [0.4, 0.5) is 0 Å². The molecule has 11 heavy (non-hydrogen) atoms. The summed E-state index contributed by atoms with van der Waals surface area (Å²) < 4.78 is 6.33. The Kier molecular flexibility index (Phi) is 2.28. The molecule has 0 amide bonds. The first-order valence-electron chi connectivity index (χ1n) is 4.24. The zero-order chi connectivity index (χ0) is 8.70. The molecule has 0 aromatic rings. The predicted molar refractivity (Wildman–Crippen MR) is 53.3 cm³/mol. The Balaban J connectivity index is 2.49. The van der Waals surface area contributed by atoms with Crippen molar-refractivity contribution < 1.29 is 4.18 Å². The summed E-state index contributed by atoms with van der Waals surface area (Å²) in [5.41, 5.74) is 0. The fourth-order valence-electron chi connectivity index (χ4n) is 0.649. The molecular formula is C9H20OS. The van der Waals surface area contributed by atoms with Gasteiger partial charge in [0.25, 0.3) is 0 Å². The van der Waals surface area contributed by atoms with Crippen LogP contribution in [0.2, 0.25) is 0 Å². The van der Waals surface area contributed by atoms with Crippen LogP contribution in [0.3, 0.4) is 0 Å². The highest BCUT2D eigenvalue weighted by Crippen LogP contribution is 2.56. The second kappa shape index (κ2) is 2.67. The zero-order valence-electron chi connectivity index (χ0n) is 8.31. The molecule has 68 valence electrons. The van der Waals surface area contributed by atoms with Gasteiger partial charge in [-0.2, -0.15) is 0 Å². The lowest BCUT2D eigenvalue weighted by Gasteiger charge is -2.43. The second-order valence-electron chi connectivity index (χ2n) is 4.64. The van der Waals surface area contributed by atoms with Crippen LogP contribution >= 0.6 is 10.3 Å². The van der Waals surface area contributed by atoms with Crippen molar-refractivity contribution in [3.8, 4) is 0 Å². The molecule has 1 aliphatic carbocycles. The van der Waals surface area contributed by atoms with Gasteiger partial charge in [0.2, 0.25) is 0 Å². The molecule has 0 bridgehead atoms. The second-order valence-corrected chi connectivity index (χ2v) is 8.52. The topological polar surface area (TPSA) is 9.23 Å². The van der Waals surface area contributed by atoms with Gasteiger partial charge in [0.15, 0.2) is 0 Å². The quantitative estimate of drug-likeness (QED) is 0.628. The van der Waals surface area contributed by atoms with Crippen molar-refractivity contribution in [2.45, 2.75) is 44.5 Å². The van der Waals surface area contributed by atoms with E-state index in [1.54, 1.807) is 0 Å². The highest BCUT2D eigenvalue weighted by molar-refractivity contribution is 8.29. The molecule has 0 radical (unpaired) electrons. The van der Waals surface area contributed by atoms with Gasteiger partial charge >= 0.3 is 0 Å².